The zero-order valence-corrected chi connectivity index (χ0v) is 11.5. The van der Waals surface area contributed by atoms with Crippen LogP contribution in [0.2, 0.25) is 0 Å². The predicted molar refractivity (Wildman–Crippen MR) is 71.8 cm³/mol. The van der Waals surface area contributed by atoms with E-state index in [2.05, 4.69) is 21.6 Å². The molecule has 1 atom stereocenters. The van der Waals surface area contributed by atoms with Crippen molar-refractivity contribution >= 4 is 10.0 Å². The zero-order chi connectivity index (χ0) is 13.2. The summed E-state index contributed by atoms with van der Waals surface area (Å²) in [6, 6.07) is 2.27. The smallest absolute Gasteiger partial charge is 0.208 e. The fraction of sp³-hybridized carbons (Fsp3) is 0.667. The van der Waals surface area contributed by atoms with Crippen LogP contribution >= 0.6 is 0 Å². The van der Waals surface area contributed by atoms with E-state index in [9.17, 15) is 8.42 Å². The SMILES string of the molecule is CS(=O)(=O)NCCCn1ccc2c1CCCC2N. The molecule has 3 N–H and O–H groups in total. The molecular weight excluding hydrogens is 250 g/mol. The number of aromatic nitrogens is 1. The van der Waals surface area contributed by atoms with Crippen molar-refractivity contribution in [1.29, 1.82) is 0 Å². The molecular formula is C12H21N3O2S. The Kier molecular flexibility index (Phi) is 4.09. The molecule has 0 saturated carbocycles. The number of sulfonamides is 1. The van der Waals surface area contributed by atoms with Crippen molar-refractivity contribution in [1.82, 2.24) is 9.29 Å². The van der Waals surface area contributed by atoms with E-state index in [0.717, 1.165) is 32.2 Å². The molecule has 1 aromatic rings. The number of hydrogen-bond donors (Lipinski definition) is 2. The molecule has 0 spiro atoms. The Morgan fingerprint density at radius 2 is 2.33 bits per heavy atom. The van der Waals surface area contributed by atoms with Crippen molar-refractivity contribution in [2.75, 3.05) is 12.8 Å². The highest BCUT2D eigenvalue weighted by atomic mass is 32.2. The summed E-state index contributed by atoms with van der Waals surface area (Å²) in [6.07, 6.45) is 7.32. The summed E-state index contributed by atoms with van der Waals surface area (Å²) in [5, 5.41) is 0. The number of hydrogen-bond acceptors (Lipinski definition) is 3. The molecule has 0 aliphatic heterocycles. The minimum absolute atomic E-state index is 0.171. The van der Waals surface area contributed by atoms with Gasteiger partial charge in [-0.15, -0.1) is 0 Å². The molecule has 1 aromatic heterocycles. The summed E-state index contributed by atoms with van der Waals surface area (Å²) in [6.45, 7) is 1.32. The molecule has 1 aliphatic rings. The maximum Gasteiger partial charge on any atom is 0.208 e. The third-order valence-electron chi connectivity index (χ3n) is 3.38. The van der Waals surface area contributed by atoms with Gasteiger partial charge in [0.25, 0.3) is 0 Å². The first kappa shape index (κ1) is 13.6. The number of fused-ring (bicyclic) bond motifs is 1. The van der Waals surface area contributed by atoms with Gasteiger partial charge in [0.2, 0.25) is 10.0 Å². The molecule has 6 heteroatoms. The monoisotopic (exact) mass is 271 g/mol. The summed E-state index contributed by atoms with van der Waals surface area (Å²) in [5.74, 6) is 0. The van der Waals surface area contributed by atoms with Gasteiger partial charge in [-0.25, -0.2) is 13.1 Å². The fourth-order valence-electron chi connectivity index (χ4n) is 2.51. The van der Waals surface area contributed by atoms with Crippen molar-refractivity contribution in [3.8, 4) is 0 Å². The third kappa shape index (κ3) is 3.34. The predicted octanol–water partition coefficient (Wildman–Crippen LogP) is 0.763. The Labute approximate surface area is 108 Å². The van der Waals surface area contributed by atoms with Gasteiger partial charge in [-0.05, 0) is 37.3 Å². The van der Waals surface area contributed by atoms with Crippen LogP contribution in [0.25, 0.3) is 0 Å². The second-order valence-electron chi connectivity index (χ2n) is 4.93. The van der Waals surface area contributed by atoms with Crippen LogP contribution in [0.1, 0.15) is 36.6 Å². The molecule has 1 heterocycles. The van der Waals surface area contributed by atoms with Crippen LogP contribution < -0.4 is 10.5 Å². The third-order valence-corrected chi connectivity index (χ3v) is 4.11. The van der Waals surface area contributed by atoms with Gasteiger partial charge in [-0.1, -0.05) is 0 Å². The molecule has 1 aliphatic carbocycles. The second-order valence-corrected chi connectivity index (χ2v) is 6.76. The Morgan fingerprint density at radius 1 is 1.56 bits per heavy atom. The number of nitrogens with two attached hydrogens (primary N) is 1. The van der Waals surface area contributed by atoms with E-state index in [1.54, 1.807) is 0 Å². The lowest BCUT2D eigenvalue weighted by atomic mass is 9.94. The van der Waals surface area contributed by atoms with Gasteiger partial charge in [0.15, 0.2) is 0 Å². The van der Waals surface area contributed by atoms with Gasteiger partial charge in [0, 0.05) is 31.0 Å². The summed E-state index contributed by atoms with van der Waals surface area (Å²) < 4.78 is 26.6. The highest BCUT2D eigenvalue weighted by molar-refractivity contribution is 7.88. The molecule has 0 aromatic carbocycles. The lowest BCUT2D eigenvalue weighted by molar-refractivity contribution is 0.528. The van der Waals surface area contributed by atoms with E-state index in [4.69, 9.17) is 5.73 Å². The van der Waals surface area contributed by atoms with Crippen LogP contribution in [0.5, 0.6) is 0 Å². The quantitative estimate of drug-likeness (QED) is 0.776. The van der Waals surface area contributed by atoms with E-state index < -0.39 is 10.0 Å². The standard InChI is InChI=1S/C12H21N3O2S/c1-18(16,17)14-7-3-8-15-9-6-10-11(13)4-2-5-12(10)15/h6,9,11,14H,2-5,7-8,13H2,1H3. The van der Waals surface area contributed by atoms with Crippen molar-refractivity contribution in [2.45, 2.75) is 38.3 Å². The summed E-state index contributed by atoms with van der Waals surface area (Å²) in [5.41, 5.74) is 8.65. The largest absolute Gasteiger partial charge is 0.351 e. The van der Waals surface area contributed by atoms with Crippen LogP contribution in [0, 0.1) is 0 Å². The average molecular weight is 271 g/mol. The molecule has 5 nitrogen and oxygen atoms in total. The first-order valence-corrected chi connectivity index (χ1v) is 8.24. The highest BCUT2D eigenvalue weighted by Gasteiger charge is 2.19. The van der Waals surface area contributed by atoms with Gasteiger partial charge in [0.05, 0.1) is 6.26 Å². The van der Waals surface area contributed by atoms with Crippen LogP contribution in [-0.4, -0.2) is 25.8 Å². The molecule has 102 valence electrons. The van der Waals surface area contributed by atoms with Crippen molar-refractivity contribution in [3.63, 3.8) is 0 Å². The van der Waals surface area contributed by atoms with E-state index in [1.807, 2.05) is 0 Å². The Morgan fingerprint density at radius 3 is 3.06 bits per heavy atom. The van der Waals surface area contributed by atoms with Crippen LogP contribution in [0.4, 0.5) is 0 Å². The lowest BCUT2D eigenvalue weighted by Crippen LogP contribution is -2.24. The van der Waals surface area contributed by atoms with E-state index in [0.29, 0.717) is 6.54 Å². The Bertz CT molecular complexity index is 507. The summed E-state index contributed by atoms with van der Waals surface area (Å²) in [7, 11) is -3.07. The second kappa shape index (κ2) is 5.42. The summed E-state index contributed by atoms with van der Waals surface area (Å²) >= 11 is 0. The summed E-state index contributed by atoms with van der Waals surface area (Å²) in [4.78, 5) is 0. The molecule has 18 heavy (non-hydrogen) atoms. The molecule has 0 fully saturated rings. The van der Waals surface area contributed by atoms with Gasteiger partial charge < -0.3 is 10.3 Å². The van der Waals surface area contributed by atoms with Gasteiger partial charge in [-0.2, -0.15) is 0 Å². The van der Waals surface area contributed by atoms with Crippen molar-refractivity contribution in [3.05, 3.63) is 23.5 Å². The lowest BCUT2D eigenvalue weighted by Gasteiger charge is -2.21. The van der Waals surface area contributed by atoms with Crippen LogP contribution in [-0.2, 0) is 23.0 Å². The maximum atomic E-state index is 10.9. The molecule has 0 bridgehead atoms. The van der Waals surface area contributed by atoms with Gasteiger partial charge >= 0.3 is 0 Å². The van der Waals surface area contributed by atoms with Gasteiger partial charge in [0.1, 0.15) is 0 Å². The number of nitrogens with zero attached hydrogens (tertiary/aromatic N) is 1. The molecule has 1 unspecified atom stereocenters. The van der Waals surface area contributed by atoms with Crippen LogP contribution in [0.15, 0.2) is 12.3 Å². The molecule has 0 saturated heterocycles. The Balaban J connectivity index is 1.91. The van der Waals surface area contributed by atoms with E-state index in [1.165, 1.54) is 17.5 Å². The fourth-order valence-corrected chi connectivity index (χ4v) is 3.02. The maximum absolute atomic E-state index is 10.9. The highest BCUT2D eigenvalue weighted by Crippen LogP contribution is 2.28. The molecule has 0 amide bonds. The number of rotatable bonds is 5. The molecule has 2 rings (SSSR count). The first-order valence-electron chi connectivity index (χ1n) is 6.35. The van der Waals surface area contributed by atoms with Gasteiger partial charge in [-0.3, -0.25) is 0 Å². The Hall–Kier alpha value is -0.850. The normalized spacial score (nSPS) is 19.8. The number of nitrogens with one attached hydrogen (secondary N) is 1. The minimum Gasteiger partial charge on any atom is -0.351 e. The minimum atomic E-state index is -3.07. The van der Waals surface area contributed by atoms with Crippen LogP contribution in [0.3, 0.4) is 0 Å². The van der Waals surface area contributed by atoms with Crippen molar-refractivity contribution < 1.29 is 8.42 Å². The first-order chi connectivity index (χ1) is 8.47. The van der Waals surface area contributed by atoms with E-state index >= 15 is 0 Å². The average Bonchev–Trinajstić information content (AvgIpc) is 2.68. The topological polar surface area (TPSA) is 77.1 Å². The number of aryl methyl sites for hydroxylation is 1. The zero-order valence-electron chi connectivity index (χ0n) is 10.7. The molecule has 0 radical (unpaired) electrons. The van der Waals surface area contributed by atoms with Crippen molar-refractivity contribution in [2.24, 2.45) is 5.73 Å². The van der Waals surface area contributed by atoms with E-state index in [-0.39, 0.29) is 6.04 Å².